The Balaban J connectivity index is 3.55. The minimum atomic E-state index is -0.434. The van der Waals surface area contributed by atoms with E-state index in [1.54, 1.807) is 0 Å². The lowest BCUT2D eigenvalue weighted by atomic mass is 10.2. The molecule has 0 aliphatic rings. The van der Waals surface area contributed by atoms with E-state index in [1.807, 2.05) is 27.7 Å². The molecule has 0 fully saturated rings. The smallest absolute Gasteiger partial charge is 0.407 e. The lowest BCUT2D eigenvalue weighted by Crippen LogP contribution is -2.35. The van der Waals surface area contributed by atoms with E-state index in [0.29, 0.717) is 6.54 Å². The number of alkyl carbamates (subject to hydrolysis) is 1. The Morgan fingerprint density at radius 2 is 2.07 bits per heavy atom. The van der Waals surface area contributed by atoms with Crippen LogP contribution in [-0.2, 0) is 4.74 Å². The molecule has 0 bridgehead atoms. The highest BCUT2D eigenvalue weighted by Gasteiger charge is 2.15. The highest BCUT2D eigenvalue weighted by atomic mass is 16.6. The molecule has 0 unspecified atom stereocenters. The van der Waals surface area contributed by atoms with Gasteiger partial charge in [0.2, 0.25) is 0 Å². The van der Waals surface area contributed by atoms with Crippen molar-refractivity contribution in [3.8, 4) is 0 Å². The molecule has 0 saturated heterocycles. The molecule has 4 heteroatoms. The summed E-state index contributed by atoms with van der Waals surface area (Å²) in [4.78, 5) is 11.2. The molecule has 4 nitrogen and oxygen atoms in total. The highest BCUT2D eigenvalue weighted by molar-refractivity contribution is 5.67. The third kappa shape index (κ3) is 7.86. The van der Waals surface area contributed by atoms with Gasteiger partial charge in [-0.25, -0.2) is 4.79 Å². The fraction of sp³-hybridized carbons (Fsp3) is 0.900. The SMILES string of the molecule is CC[C@@H](N)CCNC(=O)OC(C)(C)C. The minimum Gasteiger partial charge on any atom is -0.444 e. The summed E-state index contributed by atoms with van der Waals surface area (Å²) in [5.41, 5.74) is 5.26. The first-order chi connectivity index (χ1) is 6.35. The second kappa shape index (κ2) is 5.86. The van der Waals surface area contributed by atoms with Crippen LogP contribution in [0.15, 0.2) is 0 Å². The Morgan fingerprint density at radius 3 is 2.50 bits per heavy atom. The Kier molecular flexibility index (Phi) is 5.53. The van der Waals surface area contributed by atoms with Crippen molar-refractivity contribution in [2.75, 3.05) is 6.54 Å². The van der Waals surface area contributed by atoms with Gasteiger partial charge in [0.05, 0.1) is 0 Å². The van der Waals surface area contributed by atoms with Gasteiger partial charge in [0.25, 0.3) is 0 Å². The van der Waals surface area contributed by atoms with Crippen molar-refractivity contribution in [2.24, 2.45) is 5.73 Å². The molecule has 0 aromatic heterocycles. The van der Waals surface area contributed by atoms with E-state index in [0.717, 1.165) is 12.8 Å². The average molecular weight is 202 g/mol. The maximum absolute atomic E-state index is 11.2. The number of nitrogens with one attached hydrogen (secondary N) is 1. The van der Waals surface area contributed by atoms with E-state index in [9.17, 15) is 4.79 Å². The van der Waals surface area contributed by atoms with Crippen LogP contribution in [0.1, 0.15) is 40.5 Å². The number of carbonyl (C=O) groups excluding carboxylic acids is 1. The Hall–Kier alpha value is -0.770. The molecule has 0 aliphatic carbocycles. The van der Waals surface area contributed by atoms with Crippen molar-refractivity contribution in [1.82, 2.24) is 5.32 Å². The number of nitrogens with two attached hydrogens (primary N) is 1. The van der Waals surface area contributed by atoms with Crippen molar-refractivity contribution in [2.45, 2.75) is 52.2 Å². The highest BCUT2D eigenvalue weighted by Crippen LogP contribution is 2.06. The van der Waals surface area contributed by atoms with Crippen molar-refractivity contribution in [3.63, 3.8) is 0 Å². The quantitative estimate of drug-likeness (QED) is 0.728. The maximum Gasteiger partial charge on any atom is 0.407 e. The summed E-state index contributed by atoms with van der Waals surface area (Å²) in [6.45, 7) is 8.11. The van der Waals surface area contributed by atoms with Crippen LogP contribution < -0.4 is 11.1 Å². The molecular formula is C10H22N2O2. The molecular weight excluding hydrogens is 180 g/mol. The van der Waals surface area contributed by atoms with Gasteiger partial charge >= 0.3 is 6.09 Å². The van der Waals surface area contributed by atoms with Crippen LogP contribution in [0.3, 0.4) is 0 Å². The Labute approximate surface area is 86.2 Å². The molecule has 14 heavy (non-hydrogen) atoms. The van der Waals surface area contributed by atoms with E-state index >= 15 is 0 Å². The molecule has 1 atom stereocenters. The normalized spacial score (nSPS) is 13.5. The van der Waals surface area contributed by atoms with E-state index in [-0.39, 0.29) is 12.1 Å². The van der Waals surface area contributed by atoms with Gasteiger partial charge in [-0.1, -0.05) is 6.92 Å². The van der Waals surface area contributed by atoms with Gasteiger partial charge in [0.15, 0.2) is 0 Å². The summed E-state index contributed by atoms with van der Waals surface area (Å²) in [6, 6.07) is 0.157. The molecule has 0 radical (unpaired) electrons. The first-order valence-electron chi connectivity index (χ1n) is 5.07. The molecule has 84 valence electrons. The van der Waals surface area contributed by atoms with E-state index in [1.165, 1.54) is 0 Å². The van der Waals surface area contributed by atoms with Gasteiger partial charge in [0, 0.05) is 12.6 Å². The zero-order valence-electron chi connectivity index (χ0n) is 9.59. The first kappa shape index (κ1) is 13.2. The van der Waals surface area contributed by atoms with Crippen LogP contribution in [0.5, 0.6) is 0 Å². The number of rotatable bonds is 4. The van der Waals surface area contributed by atoms with E-state index < -0.39 is 5.60 Å². The van der Waals surface area contributed by atoms with Gasteiger partial charge in [-0.05, 0) is 33.6 Å². The molecule has 0 rings (SSSR count). The van der Waals surface area contributed by atoms with Gasteiger partial charge < -0.3 is 15.8 Å². The fourth-order valence-corrected chi connectivity index (χ4v) is 0.878. The minimum absolute atomic E-state index is 0.157. The third-order valence-corrected chi connectivity index (χ3v) is 1.71. The first-order valence-corrected chi connectivity index (χ1v) is 5.07. The molecule has 0 aliphatic heterocycles. The van der Waals surface area contributed by atoms with Crippen molar-refractivity contribution >= 4 is 6.09 Å². The van der Waals surface area contributed by atoms with Gasteiger partial charge in [0.1, 0.15) is 5.60 Å². The summed E-state index contributed by atoms with van der Waals surface area (Å²) in [6.07, 6.45) is 1.34. The predicted molar refractivity (Wildman–Crippen MR) is 57.1 cm³/mol. The largest absolute Gasteiger partial charge is 0.444 e. The summed E-state index contributed by atoms with van der Waals surface area (Å²) in [7, 11) is 0. The predicted octanol–water partition coefficient (Wildman–Crippen LogP) is 1.64. The molecule has 1 amide bonds. The third-order valence-electron chi connectivity index (χ3n) is 1.71. The zero-order valence-corrected chi connectivity index (χ0v) is 9.59. The molecule has 3 N–H and O–H groups in total. The monoisotopic (exact) mass is 202 g/mol. The van der Waals surface area contributed by atoms with Crippen molar-refractivity contribution < 1.29 is 9.53 Å². The number of carbonyl (C=O) groups is 1. The number of ether oxygens (including phenoxy) is 1. The second-order valence-electron chi connectivity index (χ2n) is 4.39. The average Bonchev–Trinajstić information content (AvgIpc) is 2.00. The number of hydrogen-bond acceptors (Lipinski definition) is 3. The topological polar surface area (TPSA) is 64.3 Å². The molecule has 0 aromatic carbocycles. The fourth-order valence-electron chi connectivity index (χ4n) is 0.878. The molecule has 0 spiro atoms. The van der Waals surface area contributed by atoms with Gasteiger partial charge in [-0.3, -0.25) is 0 Å². The number of amides is 1. The molecule has 0 heterocycles. The summed E-state index contributed by atoms with van der Waals surface area (Å²) >= 11 is 0. The van der Waals surface area contributed by atoms with Gasteiger partial charge in [-0.2, -0.15) is 0 Å². The van der Waals surface area contributed by atoms with Crippen LogP contribution in [0, 0.1) is 0 Å². The van der Waals surface area contributed by atoms with Crippen LogP contribution in [0.2, 0.25) is 0 Å². The van der Waals surface area contributed by atoms with Crippen LogP contribution in [0.25, 0.3) is 0 Å². The number of hydrogen-bond donors (Lipinski definition) is 2. The van der Waals surface area contributed by atoms with E-state index in [2.05, 4.69) is 5.32 Å². The van der Waals surface area contributed by atoms with Crippen LogP contribution in [-0.4, -0.2) is 24.3 Å². The summed E-state index contributed by atoms with van der Waals surface area (Å²) in [5, 5.41) is 2.66. The Morgan fingerprint density at radius 1 is 1.50 bits per heavy atom. The van der Waals surface area contributed by atoms with Crippen molar-refractivity contribution in [3.05, 3.63) is 0 Å². The van der Waals surface area contributed by atoms with Crippen LogP contribution >= 0.6 is 0 Å². The van der Waals surface area contributed by atoms with E-state index in [4.69, 9.17) is 10.5 Å². The van der Waals surface area contributed by atoms with Crippen LogP contribution in [0.4, 0.5) is 4.79 Å². The van der Waals surface area contributed by atoms with Crippen molar-refractivity contribution in [1.29, 1.82) is 0 Å². The lowest BCUT2D eigenvalue weighted by molar-refractivity contribution is 0.0526. The Bertz CT molecular complexity index is 175. The molecule has 0 saturated carbocycles. The van der Waals surface area contributed by atoms with Gasteiger partial charge in [-0.15, -0.1) is 0 Å². The lowest BCUT2D eigenvalue weighted by Gasteiger charge is -2.20. The standard InChI is InChI=1S/C10H22N2O2/c1-5-8(11)6-7-12-9(13)14-10(2,3)4/h8H,5-7,11H2,1-4H3,(H,12,13)/t8-/m1/s1. The summed E-state index contributed by atoms with van der Waals surface area (Å²) < 4.78 is 5.06. The second-order valence-corrected chi connectivity index (χ2v) is 4.39. The zero-order chi connectivity index (χ0) is 11.2. The summed E-state index contributed by atoms with van der Waals surface area (Å²) in [5.74, 6) is 0. The molecule has 0 aromatic rings. The maximum atomic E-state index is 11.2.